The maximum atomic E-state index is 13.2. The van der Waals surface area contributed by atoms with Gasteiger partial charge in [0.25, 0.3) is 5.56 Å². The number of para-hydroxylation sites is 1. The molecular weight excluding hydrogens is 354 g/mol. The molecule has 0 spiro atoms. The molecule has 0 saturated carbocycles. The highest BCUT2D eigenvalue weighted by molar-refractivity contribution is 7.99. The predicted octanol–water partition coefficient (Wildman–Crippen LogP) is 5.15. The van der Waals surface area contributed by atoms with Crippen molar-refractivity contribution in [1.82, 2.24) is 9.55 Å². The van der Waals surface area contributed by atoms with Crippen LogP contribution < -0.4 is 5.56 Å². The molecule has 0 amide bonds. The highest BCUT2D eigenvalue weighted by atomic mass is 32.2. The first-order valence-electron chi connectivity index (χ1n) is 9.19. The molecule has 1 aromatic heterocycles. The third kappa shape index (κ3) is 4.06. The molecule has 5 heteroatoms. The lowest BCUT2D eigenvalue weighted by Gasteiger charge is -2.15. The highest BCUT2D eigenvalue weighted by Crippen LogP contribution is 2.25. The second-order valence-electron chi connectivity index (χ2n) is 6.79. The largest absolute Gasteiger partial charge is 0.268 e. The molecule has 0 fully saturated rings. The lowest BCUT2D eigenvalue weighted by Crippen LogP contribution is -2.22. The Kier molecular flexibility index (Phi) is 5.98. The van der Waals surface area contributed by atoms with E-state index in [4.69, 9.17) is 10.2 Å². The molecule has 0 aliphatic heterocycles. The van der Waals surface area contributed by atoms with E-state index in [2.05, 4.69) is 32.0 Å². The number of benzene rings is 2. The molecule has 0 N–H and O–H groups in total. The summed E-state index contributed by atoms with van der Waals surface area (Å²) in [5.41, 5.74) is 2.67. The van der Waals surface area contributed by atoms with Crippen LogP contribution >= 0.6 is 11.8 Å². The fraction of sp³-hybridized carbons (Fsp3) is 0.318. The smallest absolute Gasteiger partial charge is 0.266 e. The number of nitrogens with zero attached hydrogens (tertiary/aromatic N) is 3. The van der Waals surface area contributed by atoms with Crippen LogP contribution in [0.4, 0.5) is 0 Å². The van der Waals surface area contributed by atoms with Gasteiger partial charge in [0, 0.05) is 5.75 Å². The van der Waals surface area contributed by atoms with Crippen LogP contribution in [0.5, 0.6) is 0 Å². The van der Waals surface area contributed by atoms with Crippen LogP contribution in [-0.4, -0.2) is 15.3 Å². The SMILES string of the molecule is CC[C@@H](C)c1ccc(-n2c(SC[C@H](C)C#N)nc3ccccc3c2=O)cc1. The summed E-state index contributed by atoms with van der Waals surface area (Å²) in [5, 5.41) is 10.3. The van der Waals surface area contributed by atoms with E-state index in [1.54, 1.807) is 10.6 Å². The van der Waals surface area contributed by atoms with Crippen LogP contribution in [0.3, 0.4) is 0 Å². The lowest BCUT2D eigenvalue weighted by molar-refractivity contribution is 0.732. The quantitative estimate of drug-likeness (QED) is 0.440. The molecule has 3 aromatic rings. The Morgan fingerprint density at radius 3 is 2.52 bits per heavy atom. The number of nitriles is 1. The van der Waals surface area contributed by atoms with Gasteiger partial charge in [0.1, 0.15) is 0 Å². The minimum absolute atomic E-state index is 0.0796. The summed E-state index contributed by atoms with van der Waals surface area (Å²) in [4.78, 5) is 17.9. The first-order chi connectivity index (χ1) is 13.0. The van der Waals surface area contributed by atoms with Gasteiger partial charge in [-0.25, -0.2) is 4.98 Å². The molecule has 3 rings (SSSR count). The van der Waals surface area contributed by atoms with E-state index in [1.807, 2.05) is 37.3 Å². The zero-order chi connectivity index (χ0) is 19.4. The molecule has 0 unspecified atom stereocenters. The zero-order valence-electron chi connectivity index (χ0n) is 15.8. The van der Waals surface area contributed by atoms with Crippen LogP contribution in [0, 0.1) is 17.2 Å². The Balaban J connectivity index is 2.13. The van der Waals surface area contributed by atoms with Gasteiger partial charge in [-0.1, -0.05) is 49.9 Å². The maximum Gasteiger partial charge on any atom is 0.266 e. The van der Waals surface area contributed by atoms with Crippen molar-refractivity contribution in [2.45, 2.75) is 38.3 Å². The lowest BCUT2D eigenvalue weighted by atomic mass is 9.98. The summed E-state index contributed by atoms with van der Waals surface area (Å²) >= 11 is 1.45. The molecule has 0 bridgehead atoms. The molecule has 0 saturated heterocycles. The monoisotopic (exact) mass is 377 g/mol. The maximum absolute atomic E-state index is 13.2. The zero-order valence-corrected chi connectivity index (χ0v) is 16.7. The second kappa shape index (κ2) is 8.41. The third-order valence-electron chi connectivity index (χ3n) is 4.76. The van der Waals surface area contributed by atoms with Crippen LogP contribution in [0.2, 0.25) is 0 Å². The van der Waals surface area contributed by atoms with Gasteiger partial charge in [-0.3, -0.25) is 9.36 Å². The van der Waals surface area contributed by atoms with E-state index in [0.717, 1.165) is 12.1 Å². The van der Waals surface area contributed by atoms with E-state index in [1.165, 1.54) is 17.3 Å². The van der Waals surface area contributed by atoms with Gasteiger partial charge in [-0.15, -0.1) is 0 Å². The van der Waals surface area contributed by atoms with Crippen molar-refractivity contribution in [1.29, 1.82) is 5.26 Å². The minimum atomic E-state index is -0.111. The topological polar surface area (TPSA) is 58.7 Å². The summed E-state index contributed by atoms with van der Waals surface area (Å²) in [6.45, 7) is 6.24. The number of thioether (sulfide) groups is 1. The summed E-state index contributed by atoms with van der Waals surface area (Å²) in [5.74, 6) is 0.960. The molecule has 4 nitrogen and oxygen atoms in total. The minimum Gasteiger partial charge on any atom is -0.268 e. The van der Waals surface area contributed by atoms with E-state index in [0.29, 0.717) is 27.7 Å². The molecule has 0 radical (unpaired) electrons. The normalized spacial score (nSPS) is 13.3. The predicted molar refractivity (Wildman–Crippen MR) is 112 cm³/mol. The van der Waals surface area contributed by atoms with Crippen LogP contribution in [-0.2, 0) is 0 Å². The molecule has 1 heterocycles. The van der Waals surface area contributed by atoms with Crippen molar-refractivity contribution in [3.8, 4) is 11.8 Å². The van der Waals surface area contributed by atoms with Gasteiger partial charge >= 0.3 is 0 Å². The number of fused-ring (bicyclic) bond motifs is 1. The van der Waals surface area contributed by atoms with Gasteiger partial charge < -0.3 is 0 Å². The number of rotatable bonds is 6. The Morgan fingerprint density at radius 1 is 1.15 bits per heavy atom. The third-order valence-corrected chi connectivity index (χ3v) is 5.96. The van der Waals surface area contributed by atoms with E-state index < -0.39 is 0 Å². The average Bonchev–Trinajstić information content (AvgIpc) is 2.71. The van der Waals surface area contributed by atoms with Crippen molar-refractivity contribution < 1.29 is 0 Å². The molecular formula is C22H23N3OS. The van der Waals surface area contributed by atoms with Crippen molar-refractivity contribution >= 4 is 22.7 Å². The highest BCUT2D eigenvalue weighted by Gasteiger charge is 2.15. The summed E-state index contributed by atoms with van der Waals surface area (Å²) in [6, 6.07) is 17.8. The summed E-state index contributed by atoms with van der Waals surface area (Å²) in [6.07, 6.45) is 1.07. The Bertz CT molecular complexity index is 1030. The Hall–Kier alpha value is -2.58. The molecule has 0 aliphatic carbocycles. The van der Waals surface area contributed by atoms with Gasteiger partial charge in [0.15, 0.2) is 5.16 Å². The van der Waals surface area contributed by atoms with Crippen molar-refractivity contribution in [2.75, 3.05) is 5.75 Å². The van der Waals surface area contributed by atoms with Crippen LogP contribution in [0.25, 0.3) is 16.6 Å². The first kappa shape index (κ1) is 19.2. The Morgan fingerprint density at radius 2 is 1.85 bits per heavy atom. The molecule has 2 aromatic carbocycles. The Labute approximate surface area is 163 Å². The molecule has 0 aliphatic rings. The van der Waals surface area contributed by atoms with E-state index in [-0.39, 0.29) is 11.5 Å². The fourth-order valence-electron chi connectivity index (χ4n) is 2.86. The first-order valence-corrected chi connectivity index (χ1v) is 10.2. The summed E-state index contributed by atoms with van der Waals surface area (Å²) in [7, 11) is 0. The fourth-order valence-corrected chi connectivity index (χ4v) is 3.82. The number of hydrogen-bond donors (Lipinski definition) is 0. The molecule has 2 atom stereocenters. The van der Waals surface area contributed by atoms with Gasteiger partial charge in [-0.2, -0.15) is 5.26 Å². The van der Waals surface area contributed by atoms with E-state index in [9.17, 15) is 4.79 Å². The van der Waals surface area contributed by atoms with Crippen LogP contribution in [0.15, 0.2) is 58.5 Å². The second-order valence-corrected chi connectivity index (χ2v) is 7.78. The average molecular weight is 378 g/mol. The van der Waals surface area contributed by atoms with Crippen molar-refractivity contribution in [3.05, 3.63) is 64.4 Å². The van der Waals surface area contributed by atoms with Crippen LogP contribution in [0.1, 0.15) is 38.7 Å². The van der Waals surface area contributed by atoms with Gasteiger partial charge in [-0.05, 0) is 49.1 Å². The molecule has 27 heavy (non-hydrogen) atoms. The van der Waals surface area contributed by atoms with Gasteiger partial charge in [0.05, 0.1) is 28.6 Å². The van der Waals surface area contributed by atoms with Crippen molar-refractivity contribution in [2.24, 2.45) is 5.92 Å². The number of aromatic nitrogens is 2. The van der Waals surface area contributed by atoms with Crippen molar-refractivity contribution in [3.63, 3.8) is 0 Å². The molecule has 138 valence electrons. The van der Waals surface area contributed by atoms with Gasteiger partial charge in [0.2, 0.25) is 0 Å². The standard InChI is InChI=1S/C22H23N3OS/c1-4-16(3)17-9-11-18(12-10-17)25-21(26)19-7-5-6-8-20(19)24-22(25)27-14-15(2)13-23/h5-12,15-16H,4,14H2,1-3H3/t15-,16-/m1/s1. The number of hydrogen-bond acceptors (Lipinski definition) is 4. The summed E-state index contributed by atoms with van der Waals surface area (Å²) < 4.78 is 1.66. The van der Waals surface area contributed by atoms with E-state index >= 15 is 0 Å².